The van der Waals surface area contributed by atoms with Gasteiger partial charge in [0.25, 0.3) is 0 Å². The Morgan fingerprint density at radius 3 is 2.52 bits per heavy atom. The third-order valence-corrected chi connectivity index (χ3v) is 4.18. The first-order valence-electron chi connectivity index (χ1n) is 9.15. The number of guanidine groups is 1. The maximum absolute atomic E-state index is 13.9. The fourth-order valence-corrected chi connectivity index (χ4v) is 2.59. The van der Waals surface area contributed by atoms with Crippen LogP contribution in [0.15, 0.2) is 47.5 Å². The van der Waals surface area contributed by atoms with E-state index < -0.39 is 0 Å². The van der Waals surface area contributed by atoms with Gasteiger partial charge in [0.2, 0.25) is 0 Å². The molecule has 2 rings (SSSR count). The van der Waals surface area contributed by atoms with Crippen molar-refractivity contribution in [3.63, 3.8) is 0 Å². The summed E-state index contributed by atoms with van der Waals surface area (Å²) in [6, 6.07) is 12.3. The fraction of sp³-hybridized carbons (Fsp3) is 0.381. The molecule has 0 amide bonds. The lowest BCUT2D eigenvalue weighted by molar-refractivity contribution is 0.308. The topological polar surface area (TPSA) is 64.1 Å². The molecule has 0 aliphatic heterocycles. The normalized spacial score (nSPS) is 11.8. The van der Waals surface area contributed by atoms with Crippen LogP contribution in [0.2, 0.25) is 0 Å². The maximum Gasteiger partial charge on any atom is 0.191 e. The van der Waals surface area contributed by atoms with Gasteiger partial charge >= 0.3 is 0 Å². The number of methoxy groups -OCH3 is 2. The van der Waals surface area contributed by atoms with Crippen molar-refractivity contribution in [2.75, 3.05) is 34.4 Å². The molecule has 1 unspecified atom stereocenters. The van der Waals surface area contributed by atoms with Gasteiger partial charge in [0.15, 0.2) is 17.5 Å². The number of ether oxygens (including phenoxy) is 3. The third-order valence-electron chi connectivity index (χ3n) is 4.18. The van der Waals surface area contributed by atoms with Gasteiger partial charge in [-0.2, -0.15) is 0 Å². The number of hydrogen-bond acceptors (Lipinski definition) is 4. The van der Waals surface area contributed by atoms with Gasteiger partial charge in [-0.1, -0.05) is 12.1 Å². The second-order valence-corrected chi connectivity index (χ2v) is 6.14. The summed E-state index contributed by atoms with van der Waals surface area (Å²) in [6.07, 6.45) is 0.795. The number of aliphatic imine (C=N–C) groups is 1. The summed E-state index contributed by atoms with van der Waals surface area (Å²) in [6.45, 7) is 3.20. The van der Waals surface area contributed by atoms with Crippen LogP contribution in [0.1, 0.15) is 24.9 Å². The molecule has 8 heteroatoms. The highest BCUT2D eigenvalue weighted by Crippen LogP contribution is 2.21. The van der Waals surface area contributed by atoms with E-state index in [2.05, 4.69) is 15.6 Å². The Bertz CT molecular complexity index is 790. The third kappa shape index (κ3) is 7.96. The minimum atomic E-state index is -0.383. The zero-order valence-corrected chi connectivity index (χ0v) is 19.5. The Balaban J connectivity index is 0.00000420. The molecule has 0 heterocycles. The second-order valence-electron chi connectivity index (χ2n) is 6.14. The van der Waals surface area contributed by atoms with Gasteiger partial charge < -0.3 is 24.8 Å². The molecule has 160 valence electrons. The maximum atomic E-state index is 13.9. The van der Waals surface area contributed by atoms with E-state index in [1.807, 2.05) is 37.3 Å². The van der Waals surface area contributed by atoms with Gasteiger partial charge in [-0.25, -0.2) is 4.39 Å². The molecule has 0 aromatic heterocycles. The van der Waals surface area contributed by atoms with Crippen molar-refractivity contribution in [1.82, 2.24) is 10.6 Å². The fourth-order valence-electron chi connectivity index (χ4n) is 2.59. The standard InChI is InChI=1S/C21H28FN3O3.HI/c1-15(16-9-10-20(27-4)19(22)13-16)25-21(23-2)24-11-6-12-28-18-8-5-7-17(14-18)26-3;/h5,7-10,13-15H,6,11-12H2,1-4H3,(H2,23,24,25);1H. The molecule has 1 atom stereocenters. The number of nitrogens with one attached hydrogen (secondary N) is 2. The van der Waals surface area contributed by atoms with Gasteiger partial charge in [0, 0.05) is 19.7 Å². The second kappa shape index (κ2) is 13.1. The molecule has 0 bridgehead atoms. The van der Waals surface area contributed by atoms with Crippen molar-refractivity contribution >= 4 is 29.9 Å². The van der Waals surface area contributed by atoms with Crippen LogP contribution in [0.5, 0.6) is 17.2 Å². The van der Waals surface area contributed by atoms with Gasteiger partial charge in [-0.05, 0) is 43.2 Å². The molecular formula is C21H29FIN3O3. The van der Waals surface area contributed by atoms with E-state index in [1.165, 1.54) is 13.2 Å². The summed E-state index contributed by atoms with van der Waals surface area (Å²) < 4.78 is 29.7. The summed E-state index contributed by atoms with van der Waals surface area (Å²) in [5.74, 6) is 2.03. The van der Waals surface area contributed by atoms with Crippen LogP contribution in [0.3, 0.4) is 0 Å². The number of rotatable bonds is 9. The van der Waals surface area contributed by atoms with E-state index in [-0.39, 0.29) is 41.6 Å². The SMILES string of the molecule is CN=C(NCCCOc1cccc(OC)c1)NC(C)c1ccc(OC)c(F)c1.I. The van der Waals surface area contributed by atoms with Crippen LogP contribution in [-0.2, 0) is 0 Å². The van der Waals surface area contributed by atoms with E-state index in [9.17, 15) is 4.39 Å². The van der Waals surface area contributed by atoms with Crippen LogP contribution < -0.4 is 24.8 Å². The Labute approximate surface area is 188 Å². The molecule has 0 spiro atoms. The molecular weight excluding hydrogens is 488 g/mol. The van der Waals surface area contributed by atoms with E-state index in [0.29, 0.717) is 19.1 Å². The molecule has 2 aromatic carbocycles. The summed E-state index contributed by atoms with van der Waals surface area (Å²) in [5, 5.41) is 6.48. The number of hydrogen-bond donors (Lipinski definition) is 2. The summed E-state index contributed by atoms with van der Waals surface area (Å²) in [7, 11) is 4.77. The zero-order valence-electron chi connectivity index (χ0n) is 17.2. The monoisotopic (exact) mass is 517 g/mol. The number of halogens is 2. The number of nitrogens with zero attached hydrogens (tertiary/aromatic N) is 1. The van der Waals surface area contributed by atoms with Crippen molar-refractivity contribution in [3.8, 4) is 17.2 Å². The van der Waals surface area contributed by atoms with Gasteiger partial charge in [0.05, 0.1) is 26.9 Å². The average Bonchev–Trinajstić information content (AvgIpc) is 2.72. The van der Waals surface area contributed by atoms with Gasteiger partial charge in [-0.15, -0.1) is 24.0 Å². The van der Waals surface area contributed by atoms with Crippen LogP contribution in [0.25, 0.3) is 0 Å². The lowest BCUT2D eigenvalue weighted by atomic mass is 10.1. The minimum Gasteiger partial charge on any atom is -0.497 e. The van der Waals surface area contributed by atoms with E-state index >= 15 is 0 Å². The van der Waals surface area contributed by atoms with Crippen molar-refractivity contribution in [2.24, 2.45) is 4.99 Å². The van der Waals surface area contributed by atoms with E-state index in [4.69, 9.17) is 14.2 Å². The van der Waals surface area contributed by atoms with Crippen LogP contribution in [-0.4, -0.2) is 40.4 Å². The van der Waals surface area contributed by atoms with Crippen LogP contribution in [0, 0.1) is 5.82 Å². The molecule has 0 saturated heterocycles. The van der Waals surface area contributed by atoms with Crippen molar-refractivity contribution in [3.05, 3.63) is 53.8 Å². The van der Waals surface area contributed by atoms with Crippen LogP contribution in [0.4, 0.5) is 4.39 Å². The first-order valence-corrected chi connectivity index (χ1v) is 9.15. The highest BCUT2D eigenvalue weighted by atomic mass is 127. The quantitative estimate of drug-likeness (QED) is 0.227. The van der Waals surface area contributed by atoms with Crippen molar-refractivity contribution in [1.29, 1.82) is 0 Å². The summed E-state index contributed by atoms with van der Waals surface area (Å²) >= 11 is 0. The average molecular weight is 517 g/mol. The van der Waals surface area contributed by atoms with Gasteiger partial charge in [-0.3, -0.25) is 4.99 Å². The molecule has 0 aliphatic rings. The molecule has 29 heavy (non-hydrogen) atoms. The lowest BCUT2D eigenvalue weighted by Crippen LogP contribution is -2.39. The smallest absolute Gasteiger partial charge is 0.191 e. The van der Waals surface area contributed by atoms with Crippen LogP contribution >= 0.6 is 24.0 Å². The van der Waals surface area contributed by atoms with Crippen molar-refractivity contribution in [2.45, 2.75) is 19.4 Å². The largest absolute Gasteiger partial charge is 0.497 e. The Hall–Kier alpha value is -2.23. The first-order chi connectivity index (χ1) is 13.6. The number of benzene rings is 2. The Morgan fingerprint density at radius 2 is 1.86 bits per heavy atom. The molecule has 0 radical (unpaired) electrons. The molecule has 0 aliphatic carbocycles. The van der Waals surface area contributed by atoms with Gasteiger partial charge in [0.1, 0.15) is 11.5 Å². The predicted molar refractivity (Wildman–Crippen MR) is 124 cm³/mol. The Kier molecular flexibility index (Phi) is 11.2. The van der Waals surface area contributed by atoms with E-state index in [0.717, 1.165) is 23.5 Å². The zero-order chi connectivity index (χ0) is 20.4. The summed E-state index contributed by atoms with van der Waals surface area (Å²) in [4.78, 5) is 4.21. The Morgan fingerprint density at radius 1 is 1.10 bits per heavy atom. The lowest BCUT2D eigenvalue weighted by Gasteiger charge is -2.19. The molecule has 0 fully saturated rings. The predicted octanol–water partition coefficient (Wildman–Crippen LogP) is 4.16. The van der Waals surface area contributed by atoms with Crippen molar-refractivity contribution < 1.29 is 18.6 Å². The highest BCUT2D eigenvalue weighted by Gasteiger charge is 2.11. The molecule has 2 aromatic rings. The highest BCUT2D eigenvalue weighted by molar-refractivity contribution is 14.0. The van der Waals surface area contributed by atoms with E-state index in [1.54, 1.807) is 20.2 Å². The molecule has 6 nitrogen and oxygen atoms in total. The first kappa shape index (κ1) is 24.8. The minimum absolute atomic E-state index is 0. The molecule has 0 saturated carbocycles. The molecule has 2 N–H and O–H groups in total. The summed E-state index contributed by atoms with van der Waals surface area (Å²) in [5.41, 5.74) is 0.808.